The predicted molar refractivity (Wildman–Crippen MR) is 70.8 cm³/mol. The van der Waals surface area contributed by atoms with Gasteiger partial charge in [0.1, 0.15) is 5.75 Å². The zero-order chi connectivity index (χ0) is 15.2. The monoisotopic (exact) mass is 309 g/mol. The van der Waals surface area contributed by atoms with E-state index >= 15 is 0 Å². The van der Waals surface area contributed by atoms with Crippen LogP contribution in [0.3, 0.4) is 0 Å². The average Bonchev–Trinajstić information content (AvgIpc) is 2.36. The molecule has 0 aromatic heterocycles. The summed E-state index contributed by atoms with van der Waals surface area (Å²) in [5.74, 6) is -0.196. The van der Waals surface area contributed by atoms with Gasteiger partial charge in [0.25, 0.3) is 0 Å². The van der Waals surface area contributed by atoms with Gasteiger partial charge in [0.05, 0.1) is 11.9 Å². The molecule has 0 bridgehead atoms. The molecule has 112 valence electrons. The number of amides is 1. The van der Waals surface area contributed by atoms with Gasteiger partial charge in [-0.1, -0.05) is 0 Å². The summed E-state index contributed by atoms with van der Waals surface area (Å²) in [7, 11) is 0. The minimum Gasteiger partial charge on any atom is -0.406 e. The van der Waals surface area contributed by atoms with Crippen molar-refractivity contribution in [1.29, 1.82) is 0 Å². The smallest absolute Gasteiger partial charge is 0.406 e. The summed E-state index contributed by atoms with van der Waals surface area (Å²) < 4.78 is 39.6. The van der Waals surface area contributed by atoms with E-state index in [0.717, 1.165) is 12.1 Å². The fourth-order valence-corrected chi connectivity index (χ4v) is 1.96. The molecule has 0 radical (unpaired) electrons. The van der Waals surface area contributed by atoms with Crippen LogP contribution in [0.5, 0.6) is 5.75 Å². The van der Waals surface area contributed by atoms with E-state index in [2.05, 4.69) is 10.1 Å². The largest absolute Gasteiger partial charge is 0.573 e. The van der Waals surface area contributed by atoms with E-state index in [0.29, 0.717) is 11.4 Å². The van der Waals surface area contributed by atoms with E-state index in [1.807, 2.05) is 0 Å². The van der Waals surface area contributed by atoms with Crippen LogP contribution >= 0.6 is 11.8 Å². The van der Waals surface area contributed by atoms with Gasteiger partial charge in [-0.05, 0) is 31.2 Å². The van der Waals surface area contributed by atoms with Crippen LogP contribution in [-0.4, -0.2) is 35.0 Å². The second-order valence-electron chi connectivity index (χ2n) is 3.80. The van der Waals surface area contributed by atoms with Crippen LogP contribution in [0.4, 0.5) is 18.9 Å². The number of rotatable bonds is 6. The fourth-order valence-electron chi connectivity index (χ4n) is 1.29. The van der Waals surface area contributed by atoms with Crippen LogP contribution in [0, 0.1) is 0 Å². The maximum atomic E-state index is 12.0. The van der Waals surface area contributed by atoms with Gasteiger partial charge in [-0.2, -0.15) is 0 Å². The molecule has 0 aliphatic heterocycles. The summed E-state index contributed by atoms with van der Waals surface area (Å²) in [6.45, 7) is 1.66. The highest BCUT2D eigenvalue weighted by atomic mass is 32.2. The first-order valence-corrected chi connectivity index (χ1v) is 6.76. The molecule has 0 saturated carbocycles. The first-order chi connectivity index (χ1) is 9.31. The van der Waals surface area contributed by atoms with Crippen LogP contribution < -0.4 is 10.1 Å². The van der Waals surface area contributed by atoms with Crippen molar-refractivity contribution in [3.8, 4) is 5.75 Å². The van der Waals surface area contributed by atoms with Gasteiger partial charge >= 0.3 is 6.36 Å². The van der Waals surface area contributed by atoms with Gasteiger partial charge in [0, 0.05) is 11.4 Å². The topological polar surface area (TPSA) is 58.6 Å². The molecule has 2 N–H and O–H groups in total. The summed E-state index contributed by atoms with van der Waals surface area (Å²) in [5.41, 5.74) is 0.376. The number of aliphatic hydroxyl groups is 1. The molecule has 0 saturated heterocycles. The van der Waals surface area contributed by atoms with Crippen LogP contribution in [0.1, 0.15) is 6.92 Å². The molecule has 1 atom stereocenters. The van der Waals surface area contributed by atoms with Crippen molar-refractivity contribution in [2.75, 3.05) is 17.7 Å². The molecule has 0 aliphatic rings. The molecule has 1 aromatic carbocycles. The molecular formula is C12H14F3NO3S. The Morgan fingerprint density at radius 3 is 2.50 bits per heavy atom. The summed E-state index contributed by atoms with van der Waals surface area (Å²) in [4.78, 5) is 11.7. The third-order valence-corrected chi connectivity index (χ3v) is 3.32. The lowest BCUT2D eigenvalue weighted by Gasteiger charge is -2.12. The summed E-state index contributed by atoms with van der Waals surface area (Å²) in [6, 6.07) is 4.88. The average molecular weight is 309 g/mol. The Labute approximate surface area is 118 Å². The van der Waals surface area contributed by atoms with E-state index in [1.54, 1.807) is 6.92 Å². The minimum atomic E-state index is -4.74. The lowest BCUT2D eigenvalue weighted by atomic mass is 10.3. The van der Waals surface area contributed by atoms with E-state index < -0.39 is 6.36 Å². The molecule has 4 nitrogen and oxygen atoms in total. The second-order valence-corrected chi connectivity index (χ2v) is 5.25. The molecule has 1 rings (SSSR count). The Balaban J connectivity index is 2.55. The lowest BCUT2D eigenvalue weighted by Crippen LogP contribution is -2.23. The van der Waals surface area contributed by atoms with Gasteiger partial charge in [-0.3, -0.25) is 4.79 Å². The molecule has 0 unspecified atom stereocenters. The number of carbonyl (C=O) groups excluding carboxylic acids is 1. The number of benzene rings is 1. The maximum Gasteiger partial charge on any atom is 0.573 e. The molecule has 0 fully saturated rings. The highest BCUT2D eigenvalue weighted by molar-refractivity contribution is 8.00. The SMILES string of the molecule is C[C@@H](SCCO)C(=O)Nc1ccc(OC(F)(F)F)cc1. The number of hydrogen-bond acceptors (Lipinski definition) is 4. The number of thioether (sulfide) groups is 1. The number of alkyl halides is 3. The molecule has 0 heterocycles. The summed E-state index contributed by atoms with van der Waals surface area (Å²) in [6.07, 6.45) is -4.74. The maximum absolute atomic E-state index is 12.0. The van der Waals surface area contributed by atoms with E-state index in [1.165, 1.54) is 23.9 Å². The Bertz CT molecular complexity index is 437. The summed E-state index contributed by atoms with van der Waals surface area (Å²) in [5, 5.41) is 10.8. The summed E-state index contributed by atoms with van der Waals surface area (Å²) >= 11 is 1.28. The molecule has 20 heavy (non-hydrogen) atoms. The number of halogens is 3. The number of ether oxygens (including phenoxy) is 1. The van der Waals surface area contributed by atoms with Crippen molar-refractivity contribution in [2.24, 2.45) is 0 Å². The molecule has 1 amide bonds. The van der Waals surface area contributed by atoms with Crippen LogP contribution in [0.15, 0.2) is 24.3 Å². The van der Waals surface area contributed by atoms with Crippen molar-refractivity contribution in [1.82, 2.24) is 0 Å². The number of nitrogens with one attached hydrogen (secondary N) is 1. The van der Waals surface area contributed by atoms with E-state index in [-0.39, 0.29) is 23.5 Å². The van der Waals surface area contributed by atoms with Crippen LogP contribution in [-0.2, 0) is 4.79 Å². The number of aliphatic hydroxyl groups excluding tert-OH is 1. The van der Waals surface area contributed by atoms with Crippen molar-refractivity contribution in [3.05, 3.63) is 24.3 Å². The highest BCUT2D eigenvalue weighted by Gasteiger charge is 2.30. The number of carbonyl (C=O) groups is 1. The zero-order valence-electron chi connectivity index (χ0n) is 10.6. The first-order valence-electron chi connectivity index (χ1n) is 5.71. The predicted octanol–water partition coefficient (Wildman–Crippen LogP) is 2.64. The Morgan fingerprint density at radius 2 is 2.00 bits per heavy atom. The van der Waals surface area contributed by atoms with Gasteiger partial charge in [-0.15, -0.1) is 24.9 Å². The van der Waals surface area contributed by atoms with Gasteiger partial charge in [0.2, 0.25) is 5.91 Å². The Kier molecular flexibility index (Phi) is 6.15. The van der Waals surface area contributed by atoms with Crippen LogP contribution in [0.25, 0.3) is 0 Å². The second kappa shape index (κ2) is 7.39. The normalized spacial score (nSPS) is 12.8. The molecule has 0 spiro atoms. The van der Waals surface area contributed by atoms with Crippen molar-refractivity contribution in [2.45, 2.75) is 18.5 Å². The van der Waals surface area contributed by atoms with Gasteiger partial charge in [-0.25, -0.2) is 0 Å². The Morgan fingerprint density at radius 1 is 1.40 bits per heavy atom. The molecule has 1 aromatic rings. The first kappa shape index (κ1) is 16.6. The van der Waals surface area contributed by atoms with Gasteiger partial charge in [0.15, 0.2) is 0 Å². The number of anilines is 1. The van der Waals surface area contributed by atoms with E-state index in [4.69, 9.17) is 5.11 Å². The standard InChI is InChI=1S/C12H14F3NO3S/c1-8(20-7-6-17)11(18)16-9-2-4-10(5-3-9)19-12(13,14)15/h2-5,8,17H,6-7H2,1H3,(H,16,18)/t8-/m1/s1. The number of hydrogen-bond donors (Lipinski definition) is 2. The third-order valence-electron chi connectivity index (χ3n) is 2.18. The minimum absolute atomic E-state index is 0.0221. The fraction of sp³-hybridized carbons (Fsp3) is 0.417. The van der Waals surface area contributed by atoms with Gasteiger partial charge < -0.3 is 15.2 Å². The lowest BCUT2D eigenvalue weighted by molar-refractivity contribution is -0.274. The van der Waals surface area contributed by atoms with Crippen molar-refractivity contribution in [3.63, 3.8) is 0 Å². The zero-order valence-corrected chi connectivity index (χ0v) is 11.4. The molecular weight excluding hydrogens is 295 g/mol. The third kappa shape index (κ3) is 6.16. The van der Waals surface area contributed by atoms with Crippen molar-refractivity contribution >= 4 is 23.4 Å². The van der Waals surface area contributed by atoms with Crippen LogP contribution in [0.2, 0.25) is 0 Å². The highest BCUT2D eigenvalue weighted by Crippen LogP contribution is 2.24. The quantitative estimate of drug-likeness (QED) is 0.848. The molecule has 8 heteroatoms. The van der Waals surface area contributed by atoms with Crippen molar-refractivity contribution < 1.29 is 27.8 Å². The Hall–Kier alpha value is -1.41. The van der Waals surface area contributed by atoms with E-state index in [9.17, 15) is 18.0 Å². The molecule has 0 aliphatic carbocycles.